The van der Waals surface area contributed by atoms with Gasteiger partial charge in [-0.25, -0.2) is 0 Å². The second-order valence-electron chi connectivity index (χ2n) is 4.71. The first-order valence-electron chi connectivity index (χ1n) is 6.75. The molecule has 0 aliphatic carbocycles. The molecule has 3 rings (SSSR count). The lowest BCUT2D eigenvalue weighted by Gasteiger charge is -2.03. The van der Waals surface area contributed by atoms with E-state index < -0.39 is 0 Å². The number of carbonyl (C=O) groups is 2. The molecule has 106 valence electrons. The fourth-order valence-electron chi connectivity index (χ4n) is 2.11. The smallest absolute Gasteiger partial charge is 0.193 e. The molecule has 0 fully saturated rings. The Balaban J connectivity index is 1.84. The number of rotatable bonds is 4. The Kier molecular flexibility index (Phi) is 3.83. The number of ketones is 2. The average Bonchev–Trinajstić information content (AvgIpc) is 2.62. The Bertz CT molecular complexity index is 727. The van der Waals surface area contributed by atoms with Gasteiger partial charge in [-0.15, -0.1) is 0 Å². The van der Waals surface area contributed by atoms with Crippen LogP contribution in [0.1, 0.15) is 31.8 Å². The van der Waals surface area contributed by atoms with E-state index in [0.717, 1.165) is 0 Å². The highest BCUT2D eigenvalue weighted by Crippen LogP contribution is 2.13. The first-order valence-corrected chi connectivity index (χ1v) is 6.75. The second kappa shape index (κ2) is 6.10. The lowest BCUT2D eigenvalue weighted by molar-refractivity contribution is 0.102. The van der Waals surface area contributed by atoms with E-state index in [0.29, 0.717) is 22.3 Å². The van der Waals surface area contributed by atoms with Crippen LogP contribution in [0.3, 0.4) is 0 Å². The normalized spacial score (nSPS) is 10.2. The monoisotopic (exact) mass is 288 g/mol. The van der Waals surface area contributed by atoms with Gasteiger partial charge in [0.05, 0.1) is 0 Å². The van der Waals surface area contributed by atoms with Crippen molar-refractivity contribution in [1.29, 1.82) is 0 Å². The van der Waals surface area contributed by atoms with E-state index >= 15 is 0 Å². The summed E-state index contributed by atoms with van der Waals surface area (Å²) >= 11 is 0. The van der Waals surface area contributed by atoms with Gasteiger partial charge in [-0.05, 0) is 24.3 Å². The molecule has 0 saturated carbocycles. The third-order valence-electron chi connectivity index (χ3n) is 3.29. The molecule has 2 aromatic heterocycles. The Hall–Kier alpha value is -3.14. The van der Waals surface area contributed by atoms with Crippen molar-refractivity contribution in [2.24, 2.45) is 0 Å². The van der Waals surface area contributed by atoms with E-state index in [1.54, 1.807) is 73.3 Å². The minimum Gasteiger partial charge on any atom is -0.289 e. The molecule has 4 nitrogen and oxygen atoms in total. The summed E-state index contributed by atoms with van der Waals surface area (Å²) in [6.07, 6.45) is 6.31. The van der Waals surface area contributed by atoms with Gasteiger partial charge >= 0.3 is 0 Å². The summed E-state index contributed by atoms with van der Waals surface area (Å²) in [6.45, 7) is 0. The fourth-order valence-corrected chi connectivity index (χ4v) is 2.11. The van der Waals surface area contributed by atoms with E-state index in [1.807, 2.05) is 0 Å². The van der Waals surface area contributed by atoms with Crippen molar-refractivity contribution in [2.75, 3.05) is 0 Å². The molecular weight excluding hydrogens is 276 g/mol. The largest absolute Gasteiger partial charge is 0.289 e. The van der Waals surface area contributed by atoms with Crippen LogP contribution in [0, 0.1) is 0 Å². The molecule has 1 aromatic carbocycles. The van der Waals surface area contributed by atoms with Gasteiger partial charge in [-0.2, -0.15) is 0 Å². The van der Waals surface area contributed by atoms with Gasteiger partial charge in [0.25, 0.3) is 0 Å². The van der Waals surface area contributed by atoms with E-state index in [4.69, 9.17) is 0 Å². The molecule has 0 bridgehead atoms. The van der Waals surface area contributed by atoms with Gasteiger partial charge in [-0.3, -0.25) is 19.6 Å². The summed E-state index contributed by atoms with van der Waals surface area (Å²) in [7, 11) is 0. The minimum absolute atomic E-state index is 0.0923. The van der Waals surface area contributed by atoms with Crippen LogP contribution in [0.4, 0.5) is 0 Å². The van der Waals surface area contributed by atoms with Gasteiger partial charge in [0, 0.05) is 47.0 Å². The van der Waals surface area contributed by atoms with Gasteiger partial charge in [0.15, 0.2) is 11.6 Å². The van der Waals surface area contributed by atoms with Crippen LogP contribution in [-0.4, -0.2) is 21.5 Å². The molecule has 22 heavy (non-hydrogen) atoms. The van der Waals surface area contributed by atoms with Crippen molar-refractivity contribution in [3.05, 3.63) is 95.6 Å². The molecule has 0 aliphatic heterocycles. The summed E-state index contributed by atoms with van der Waals surface area (Å²) in [5.74, 6) is -0.185. The highest BCUT2D eigenvalue weighted by Gasteiger charge is 2.12. The van der Waals surface area contributed by atoms with Gasteiger partial charge in [-0.1, -0.05) is 24.3 Å². The van der Waals surface area contributed by atoms with Crippen molar-refractivity contribution in [3.8, 4) is 0 Å². The summed E-state index contributed by atoms with van der Waals surface area (Å²) in [5, 5.41) is 0. The highest BCUT2D eigenvalue weighted by atomic mass is 16.1. The van der Waals surface area contributed by atoms with Crippen LogP contribution in [0.2, 0.25) is 0 Å². The zero-order valence-electron chi connectivity index (χ0n) is 11.6. The third-order valence-corrected chi connectivity index (χ3v) is 3.29. The SMILES string of the molecule is O=C(c1ccncc1)c1ccc(C(=O)c2ccncc2)cc1. The van der Waals surface area contributed by atoms with Gasteiger partial charge in [0.2, 0.25) is 0 Å². The summed E-state index contributed by atoms with van der Waals surface area (Å²) in [4.78, 5) is 32.3. The number of benzene rings is 1. The summed E-state index contributed by atoms with van der Waals surface area (Å²) < 4.78 is 0. The van der Waals surface area contributed by atoms with Gasteiger partial charge in [0.1, 0.15) is 0 Å². The van der Waals surface area contributed by atoms with Crippen molar-refractivity contribution in [1.82, 2.24) is 9.97 Å². The first-order chi connectivity index (χ1) is 10.8. The van der Waals surface area contributed by atoms with E-state index in [9.17, 15) is 9.59 Å². The Morgan fingerprint density at radius 2 is 0.773 bits per heavy atom. The average molecular weight is 288 g/mol. The van der Waals surface area contributed by atoms with E-state index in [-0.39, 0.29) is 11.6 Å². The molecule has 0 spiro atoms. The number of pyridine rings is 2. The maximum absolute atomic E-state index is 12.3. The Morgan fingerprint density at radius 3 is 1.09 bits per heavy atom. The van der Waals surface area contributed by atoms with Crippen LogP contribution >= 0.6 is 0 Å². The number of aromatic nitrogens is 2. The van der Waals surface area contributed by atoms with Crippen molar-refractivity contribution in [2.45, 2.75) is 0 Å². The predicted molar refractivity (Wildman–Crippen MR) is 81.8 cm³/mol. The predicted octanol–water partition coefficient (Wildman–Crippen LogP) is 2.94. The lowest BCUT2D eigenvalue weighted by Crippen LogP contribution is -2.04. The van der Waals surface area contributed by atoms with Crippen LogP contribution < -0.4 is 0 Å². The maximum atomic E-state index is 12.3. The molecule has 3 aromatic rings. The van der Waals surface area contributed by atoms with E-state index in [2.05, 4.69) is 9.97 Å². The maximum Gasteiger partial charge on any atom is 0.193 e. The number of carbonyl (C=O) groups excluding carboxylic acids is 2. The number of nitrogens with zero attached hydrogens (tertiary/aromatic N) is 2. The number of hydrogen-bond acceptors (Lipinski definition) is 4. The molecule has 0 N–H and O–H groups in total. The topological polar surface area (TPSA) is 59.9 Å². The molecule has 0 aliphatic rings. The fraction of sp³-hybridized carbons (Fsp3) is 0. The summed E-state index contributed by atoms with van der Waals surface area (Å²) in [6, 6.07) is 13.3. The molecule has 0 atom stereocenters. The minimum atomic E-state index is -0.0923. The van der Waals surface area contributed by atoms with Crippen LogP contribution in [0.25, 0.3) is 0 Å². The van der Waals surface area contributed by atoms with Gasteiger partial charge < -0.3 is 0 Å². The second-order valence-corrected chi connectivity index (χ2v) is 4.71. The van der Waals surface area contributed by atoms with Crippen LogP contribution in [-0.2, 0) is 0 Å². The van der Waals surface area contributed by atoms with Crippen LogP contribution in [0.15, 0.2) is 73.3 Å². The van der Waals surface area contributed by atoms with Crippen molar-refractivity contribution < 1.29 is 9.59 Å². The third kappa shape index (κ3) is 2.81. The highest BCUT2D eigenvalue weighted by molar-refractivity contribution is 6.11. The first kappa shape index (κ1) is 13.8. The molecule has 0 saturated heterocycles. The van der Waals surface area contributed by atoms with Crippen molar-refractivity contribution in [3.63, 3.8) is 0 Å². The molecule has 0 amide bonds. The Labute approximate surface area is 127 Å². The van der Waals surface area contributed by atoms with E-state index in [1.165, 1.54) is 0 Å². The quantitative estimate of drug-likeness (QED) is 0.692. The Morgan fingerprint density at radius 1 is 0.500 bits per heavy atom. The standard InChI is InChI=1S/C18H12N2O2/c21-17(15-5-9-19-10-6-15)13-1-2-14(4-3-13)18(22)16-7-11-20-12-8-16/h1-12H. The van der Waals surface area contributed by atoms with Crippen LogP contribution in [0.5, 0.6) is 0 Å². The zero-order chi connectivity index (χ0) is 15.4. The summed E-state index contributed by atoms with van der Waals surface area (Å²) in [5.41, 5.74) is 2.22. The zero-order valence-corrected chi connectivity index (χ0v) is 11.6. The molecule has 0 radical (unpaired) electrons. The molecule has 0 unspecified atom stereocenters. The molecule has 2 heterocycles. The lowest BCUT2D eigenvalue weighted by atomic mass is 9.99. The van der Waals surface area contributed by atoms with Crippen molar-refractivity contribution >= 4 is 11.6 Å². The number of hydrogen-bond donors (Lipinski definition) is 0. The molecule has 4 heteroatoms. The molecular formula is C18H12N2O2.